The summed E-state index contributed by atoms with van der Waals surface area (Å²) < 4.78 is 27.4. The molecule has 0 aromatic heterocycles. The first kappa shape index (κ1) is 17.2. The van der Waals surface area contributed by atoms with Crippen molar-refractivity contribution in [1.29, 1.82) is 0 Å². The van der Waals surface area contributed by atoms with Gasteiger partial charge in [-0.2, -0.15) is 4.31 Å². The molecule has 0 amide bonds. The van der Waals surface area contributed by atoms with E-state index in [0.717, 1.165) is 23.7 Å². The molecule has 4 nitrogen and oxygen atoms in total. The van der Waals surface area contributed by atoms with E-state index < -0.39 is 10.0 Å². The van der Waals surface area contributed by atoms with Crippen LogP contribution in [0.15, 0.2) is 47.4 Å². The highest BCUT2D eigenvalue weighted by molar-refractivity contribution is 7.89. The average molecular weight is 341 g/mol. The number of hydrogen-bond acceptors (Lipinski definition) is 3. The highest BCUT2D eigenvalue weighted by Crippen LogP contribution is 2.29. The third-order valence-corrected chi connectivity index (χ3v) is 6.03. The summed E-state index contributed by atoms with van der Waals surface area (Å²) in [6.45, 7) is 2.08. The molecule has 1 aliphatic heterocycles. The van der Waals surface area contributed by atoms with Crippen LogP contribution >= 0.6 is 12.4 Å². The lowest BCUT2D eigenvalue weighted by molar-refractivity contribution is 0.452. The predicted molar refractivity (Wildman–Crippen MR) is 92.0 cm³/mol. The van der Waals surface area contributed by atoms with Crippen LogP contribution in [0.2, 0.25) is 0 Å². The number of hydrogen-bond donors (Lipinski definition) is 1. The van der Waals surface area contributed by atoms with E-state index in [0.29, 0.717) is 23.9 Å². The molecule has 1 N–H and O–H groups in total. The van der Waals surface area contributed by atoms with Crippen molar-refractivity contribution in [3.05, 3.63) is 42.5 Å². The number of halogens is 1. The van der Waals surface area contributed by atoms with Crippen LogP contribution in [0.5, 0.6) is 0 Å². The van der Waals surface area contributed by atoms with Gasteiger partial charge in [-0.3, -0.25) is 0 Å². The maximum absolute atomic E-state index is 12.9. The molecule has 3 rings (SSSR count). The summed E-state index contributed by atoms with van der Waals surface area (Å²) in [6.07, 6.45) is 0.921. The Kier molecular flexibility index (Phi) is 5.45. The molecule has 6 heteroatoms. The van der Waals surface area contributed by atoms with Gasteiger partial charge in [0.05, 0.1) is 4.90 Å². The van der Waals surface area contributed by atoms with Crippen molar-refractivity contribution in [2.24, 2.45) is 5.92 Å². The van der Waals surface area contributed by atoms with Gasteiger partial charge < -0.3 is 5.32 Å². The van der Waals surface area contributed by atoms with Crippen LogP contribution in [0.4, 0.5) is 0 Å². The second-order valence-electron chi connectivity index (χ2n) is 5.55. The molecule has 0 saturated carbocycles. The standard InChI is InChI=1S/C16H20N2O2S.ClH/c1-17-11-13-9-10-18(12-13)21(19,20)16-8-4-6-14-5-2-3-7-15(14)16;/h2-8,13,17H,9-12H2,1H3;1H. The number of rotatable bonds is 4. The summed E-state index contributed by atoms with van der Waals surface area (Å²) in [5.41, 5.74) is 0. The van der Waals surface area contributed by atoms with Gasteiger partial charge in [-0.05, 0) is 37.4 Å². The largest absolute Gasteiger partial charge is 0.319 e. The highest BCUT2D eigenvalue weighted by Gasteiger charge is 2.32. The lowest BCUT2D eigenvalue weighted by Gasteiger charge is -2.18. The quantitative estimate of drug-likeness (QED) is 0.930. The molecule has 1 aliphatic rings. The van der Waals surface area contributed by atoms with Gasteiger partial charge in [0.2, 0.25) is 10.0 Å². The van der Waals surface area contributed by atoms with Gasteiger partial charge in [0.1, 0.15) is 0 Å². The second kappa shape index (κ2) is 6.96. The Hall–Kier alpha value is -1.14. The smallest absolute Gasteiger partial charge is 0.243 e. The van der Waals surface area contributed by atoms with E-state index in [4.69, 9.17) is 0 Å². The number of nitrogens with zero attached hydrogens (tertiary/aromatic N) is 1. The van der Waals surface area contributed by atoms with Crippen molar-refractivity contribution in [3.8, 4) is 0 Å². The molecule has 120 valence electrons. The molecule has 22 heavy (non-hydrogen) atoms. The van der Waals surface area contributed by atoms with Gasteiger partial charge in [0.15, 0.2) is 0 Å². The monoisotopic (exact) mass is 340 g/mol. The minimum absolute atomic E-state index is 0. The predicted octanol–water partition coefficient (Wildman–Crippen LogP) is 2.49. The van der Waals surface area contributed by atoms with Gasteiger partial charge in [-0.15, -0.1) is 12.4 Å². The minimum Gasteiger partial charge on any atom is -0.319 e. The zero-order valence-corrected chi connectivity index (χ0v) is 14.2. The van der Waals surface area contributed by atoms with E-state index in [1.807, 2.05) is 43.4 Å². The summed E-state index contributed by atoms with van der Waals surface area (Å²) in [4.78, 5) is 0.422. The van der Waals surface area contributed by atoms with Gasteiger partial charge >= 0.3 is 0 Å². The molecule has 1 atom stereocenters. The van der Waals surface area contributed by atoms with Crippen LogP contribution in [0.1, 0.15) is 6.42 Å². The normalized spacial score (nSPS) is 19.2. The van der Waals surface area contributed by atoms with Crippen molar-refractivity contribution < 1.29 is 8.42 Å². The minimum atomic E-state index is -3.41. The van der Waals surface area contributed by atoms with E-state index in [2.05, 4.69) is 5.32 Å². The van der Waals surface area contributed by atoms with Crippen molar-refractivity contribution in [2.75, 3.05) is 26.7 Å². The number of benzene rings is 2. The van der Waals surface area contributed by atoms with Crippen LogP contribution in [-0.2, 0) is 10.0 Å². The van der Waals surface area contributed by atoms with E-state index >= 15 is 0 Å². The first-order valence-electron chi connectivity index (χ1n) is 7.25. The van der Waals surface area contributed by atoms with Crippen molar-refractivity contribution in [1.82, 2.24) is 9.62 Å². The molecule has 1 saturated heterocycles. The summed E-state index contributed by atoms with van der Waals surface area (Å²) in [7, 11) is -1.51. The van der Waals surface area contributed by atoms with E-state index in [-0.39, 0.29) is 12.4 Å². The summed E-state index contributed by atoms with van der Waals surface area (Å²) in [6, 6.07) is 13.1. The molecule has 0 aliphatic carbocycles. The Bertz CT molecular complexity index is 743. The van der Waals surface area contributed by atoms with E-state index in [9.17, 15) is 8.42 Å². The Morgan fingerprint density at radius 1 is 1.18 bits per heavy atom. The van der Waals surface area contributed by atoms with Crippen LogP contribution in [0, 0.1) is 5.92 Å². The Morgan fingerprint density at radius 2 is 1.91 bits per heavy atom. The fourth-order valence-corrected chi connectivity index (χ4v) is 4.78. The van der Waals surface area contributed by atoms with Crippen molar-refractivity contribution in [3.63, 3.8) is 0 Å². The third kappa shape index (κ3) is 3.13. The molecule has 0 bridgehead atoms. The van der Waals surface area contributed by atoms with E-state index in [1.165, 1.54) is 0 Å². The van der Waals surface area contributed by atoms with E-state index in [1.54, 1.807) is 10.4 Å². The molecule has 2 aromatic rings. The molecule has 1 unspecified atom stereocenters. The zero-order valence-electron chi connectivity index (χ0n) is 12.5. The molecule has 0 spiro atoms. The third-order valence-electron chi connectivity index (χ3n) is 4.11. The second-order valence-corrected chi connectivity index (χ2v) is 7.46. The average Bonchev–Trinajstić information content (AvgIpc) is 2.96. The molecular weight excluding hydrogens is 320 g/mol. The Labute approximate surface area is 138 Å². The van der Waals surface area contributed by atoms with Gasteiger partial charge in [-0.25, -0.2) is 8.42 Å². The summed E-state index contributed by atoms with van der Waals surface area (Å²) in [5, 5.41) is 4.89. The van der Waals surface area contributed by atoms with Crippen molar-refractivity contribution in [2.45, 2.75) is 11.3 Å². The van der Waals surface area contributed by atoms with Crippen LogP contribution < -0.4 is 5.32 Å². The first-order chi connectivity index (χ1) is 10.1. The van der Waals surface area contributed by atoms with Crippen molar-refractivity contribution >= 4 is 33.2 Å². The highest BCUT2D eigenvalue weighted by atomic mass is 35.5. The fourth-order valence-electron chi connectivity index (χ4n) is 3.03. The van der Waals surface area contributed by atoms with Crippen LogP contribution in [0.3, 0.4) is 0 Å². The lowest BCUT2D eigenvalue weighted by atomic mass is 10.1. The zero-order chi connectivity index (χ0) is 14.9. The Morgan fingerprint density at radius 3 is 2.68 bits per heavy atom. The molecular formula is C16H21ClN2O2S. The molecule has 0 radical (unpaired) electrons. The topological polar surface area (TPSA) is 49.4 Å². The Balaban J connectivity index is 0.00000176. The number of nitrogens with one attached hydrogen (secondary N) is 1. The van der Waals surface area contributed by atoms with Gasteiger partial charge in [0.25, 0.3) is 0 Å². The number of fused-ring (bicyclic) bond motifs is 1. The van der Waals surface area contributed by atoms with Crippen LogP contribution in [-0.4, -0.2) is 39.4 Å². The first-order valence-corrected chi connectivity index (χ1v) is 8.69. The molecule has 2 aromatic carbocycles. The lowest BCUT2D eigenvalue weighted by Crippen LogP contribution is -2.30. The fraction of sp³-hybridized carbons (Fsp3) is 0.375. The maximum Gasteiger partial charge on any atom is 0.243 e. The van der Waals surface area contributed by atoms with Gasteiger partial charge in [-0.1, -0.05) is 36.4 Å². The summed E-state index contributed by atoms with van der Waals surface area (Å²) in [5.74, 6) is 0.403. The number of sulfonamides is 1. The molecule has 1 fully saturated rings. The summed E-state index contributed by atoms with van der Waals surface area (Å²) >= 11 is 0. The van der Waals surface area contributed by atoms with Gasteiger partial charge in [0, 0.05) is 18.5 Å². The molecule has 1 heterocycles. The van der Waals surface area contributed by atoms with Crippen LogP contribution in [0.25, 0.3) is 10.8 Å². The SMILES string of the molecule is CNCC1CCN(S(=O)(=O)c2cccc3ccccc23)C1.Cl. The maximum atomic E-state index is 12.9.